The van der Waals surface area contributed by atoms with E-state index in [0.29, 0.717) is 12.1 Å². The van der Waals surface area contributed by atoms with Gasteiger partial charge in [-0.15, -0.1) is 0 Å². The van der Waals surface area contributed by atoms with Gasteiger partial charge in [0.1, 0.15) is 5.76 Å². The van der Waals surface area contributed by atoms with E-state index in [1.165, 1.54) is 6.08 Å². The Morgan fingerprint density at radius 3 is 2.91 bits per heavy atom. The molecule has 0 saturated carbocycles. The number of methoxy groups -OCH3 is 1. The molecule has 0 unspecified atom stereocenters. The monoisotopic (exact) mass is 153 g/mol. The second kappa shape index (κ2) is 3.23. The van der Waals surface area contributed by atoms with Crippen molar-refractivity contribution in [3.05, 3.63) is 24.0 Å². The predicted octanol–water partition coefficient (Wildman–Crippen LogP) is 0.593. The fourth-order valence-electron chi connectivity index (χ4n) is 1.06. The summed E-state index contributed by atoms with van der Waals surface area (Å²) in [5.74, 6) is 0.631. The summed E-state index contributed by atoms with van der Waals surface area (Å²) in [5, 5.41) is 2.70. The molecule has 3 heteroatoms. The Hall–Kier alpha value is -1.25. The lowest BCUT2D eigenvalue weighted by Crippen LogP contribution is -2.31. The van der Waals surface area contributed by atoms with Crippen LogP contribution >= 0.6 is 0 Å². The smallest absolute Gasteiger partial charge is 0.254 e. The van der Waals surface area contributed by atoms with E-state index in [9.17, 15) is 4.79 Å². The molecular formula is C8H11NO2. The number of rotatable bonds is 2. The lowest BCUT2D eigenvalue weighted by Gasteiger charge is -2.16. The summed E-state index contributed by atoms with van der Waals surface area (Å²) in [5.41, 5.74) is 0.554. The van der Waals surface area contributed by atoms with Gasteiger partial charge in [-0.05, 0) is 0 Å². The first kappa shape index (κ1) is 7.85. The summed E-state index contributed by atoms with van der Waals surface area (Å²) < 4.78 is 5.01. The molecule has 1 heterocycles. The van der Waals surface area contributed by atoms with Crippen molar-refractivity contribution in [1.29, 1.82) is 0 Å². The van der Waals surface area contributed by atoms with Crippen LogP contribution in [0.5, 0.6) is 0 Å². The standard InChI is InChI=1S/C8H11NO2/c1-3-6-7(11-2)4-5-9-8(6)10/h3H,1,4-5H2,2H3,(H,9,10). The van der Waals surface area contributed by atoms with Crippen LogP contribution in [0.1, 0.15) is 6.42 Å². The Morgan fingerprint density at radius 1 is 1.73 bits per heavy atom. The van der Waals surface area contributed by atoms with Crippen molar-refractivity contribution in [3.8, 4) is 0 Å². The Kier molecular flexibility index (Phi) is 2.31. The highest BCUT2D eigenvalue weighted by atomic mass is 16.5. The average molecular weight is 153 g/mol. The van der Waals surface area contributed by atoms with E-state index >= 15 is 0 Å². The van der Waals surface area contributed by atoms with E-state index < -0.39 is 0 Å². The van der Waals surface area contributed by atoms with Crippen LogP contribution in [0.15, 0.2) is 24.0 Å². The molecule has 0 fully saturated rings. The maximum absolute atomic E-state index is 11.1. The lowest BCUT2D eigenvalue weighted by molar-refractivity contribution is -0.117. The molecule has 0 atom stereocenters. The molecule has 11 heavy (non-hydrogen) atoms. The zero-order chi connectivity index (χ0) is 8.27. The van der Waals surface area contributed by atoms with E-state index in [2.05, 4.69) is 11.9 Å². The molecule has 0 aromatic carbocycles. The Balaban J connectivity index is 2.94. The van der Waals surface area contributed by atoms with Crippen LogP contribution in [-0.4, -0.2) is 19.6 Å². The molecule has 0 aromatic heterocycles. The van der Waals surface area contributed by atoms with Crippen LogP contribution in [0, 0.1) is 0 Å². The lowest BCUT2D eigenvalue weighted by atomic mass is 10.1. The van der Waals surface area contributed by atoms with E-state index in [4.69, 9.17) is 4.74 Å². The highest BCUT2D eigenvalue weighted by molar-refractivity contribution is 5.97. The topological polar surface area (TPSA) is 38.3 Å². The maximum Gasteiger partial charge on any atom is 0.254 e. The van der Waals surface area contributed by atoms with Crippen LogP contribution < -0.4 is 5.32 Å². The zero-order valence-corrected chi connectivity index (χ0v) is 6.52. The molecule has 0 spiro atoms. The molecule has 0 bridgehead atoms. The average Bonchev–Trinajstić information content (AvgIpc) is 2.04. The summed E-state index contributed by atoms with van der Waals surface area (Å²) in [7, 11) is 1.57. The zero-order valence-electron chi connectivity index (χ0n) is 6.52. The number of hydrogen-bond donors (Lipinski definition) is 1. The quantitative estimate of drug-likeness (QED) is 0.630. The molecule has 1 aliphatic rings. The van der Waals surface area contributed by atoms with Crippen molar-refractivity contribution in [2.24, 2.45) is 0 Å². The summed E-state index contributed by atoms with van der Waals surface area (Å²) in [6.07, 6.45) is 2.27. The number of carbonyl (C=O) groups excluding carboxylic acids is 1. The highest BCUT2D eigenvalue weighted by Gasteiger charge is 2.17. The minimum atomic E-state index is -0.0944. The normalized spacial score (nSPS) is 17.7. The van der Waals surface area contributed by atoms with Gasteiger partial charge in [0.05, 0.1) is 12.7 Å². The van der Waals surface area contributed by atoms with E-state index in [0.717, 1.165) is 12.2 Å². The van der Waals surface area contributed by atoms with Crippen molar-refractivity contribution in [2.75, 3.05) is 13.7 Å². The highest BCUT2D eigenvalue weighted by Crippen LogP contribution is 2.14. The van der Waals surface area contributed by atoms with Gasteiger partial charge >= 0.3 is 0 Å². The fourth-order valence-corrected chi connectivity index (χ4v) is 1.06. The van der Waals surface area contributed by atoms with Gasteiger partial charge in [0.25, 0.3) is 5.91 Å². The minimum absolute atomic E-state index is 0.0944. The molecule has 1 rings (SSSR count). The van der Waals surface area contributed by atoms with E-state index in [1.807, 2.05) is 0 Å². The summed E-state index contributed by atoms with van der Waals surface area (Å²) >= 11 is 0. The van der Waals surface area contributed by atoms with Gasteiger partial charge in [0, 0.05) is 13.0 Å². The van der Waals surface area contributed by atoms with E-state index in [1.54, 1.807) is 7.11 Å². The number of nitrogens with one attached hydrogen (secondary N) is 1. The van der Waals surface area contributed by atoms with Crippen molar-refractivity contribution in [1.82, 2.24) is 5.32 Å². The molecule has 0 aliphatic carbocycles. The van der Waals surface area contributed by atoms with Gasteiger partial charge in [-0.1, -0.05) is 12.7 Å². The summed E-state index contributed by atoms with van der Waals surface area (Å²) in [6, 6.07) is 0. The first-order chi connectivity index (χ1) is 5.29. The molecule has 1 aliphatic heterocycles. The fraction of sp³-hybridized carbons (Fsp3) is 0.375. The number of carbonyl (C=O) groups is 1. The van der Waals surface area contributed by atoms with Crippen molar-refractivity contribution >= 4 is 5.91 Å². The minimum Gasteiger partial charge on any atom is -0.500 e. The van der Waals surface area contributed by atoms with Gasteiger partial charge in [-0.25, -0.2) is 0 Å². The summed E-state index contributed by atoms with van der Waals surface area (Å²) in [6.45, 7) is 4.19. The largest absolute Gasteiger partial charge is 0.500 e. The molecular weight excluding hydrogens is 142 g/mol. The van der Waals surface area contributed by atoms with Crippen molar-refractivity contribution < 1.29 is 9.53 Å². The molecule has 3 nitrogen and oxygen atoms in total. The second-order valence-electron chi connectivity index (χ2n) is 2.25. The molecule has 1 amide bonds. The number of ether oxygens (including phenoxy) is 1. The Bertz CT molecular complexity index is 218. The van der Waals surface area contributed by atoms with Gasteiger partial charge in [-0.2, -0.15) is 0 Å². The van der Waals surface area contributed by atoms with Crippen molar-refractivity contribution in [3.63, 3.8) is 0 Å². The van der Waals surface area contributed by atoms with E-state index in [-0.39, 0.29) is 5.91 Å². The van der Waals surface area contributed by atoms with Gasteiger partial charge in [-0.3, -0.25) is 4.79 Å². The van der Waals surface area contributed by atoms with Crippen LogP contribution in [0.3, 0.4) is 0 Å². The summed E-state index contributed by atoms with van der Waals surface area (Å²) in [4.78, 5) is 11.1. The third kappa shape index (κ3) is 1.42. The Morgan fingerprint density at radius 2 is 2.45 bits per heavy atom. The molecule has 0 saturated heterocycles. The van der Waals surface area contributed by atoms with Gasteiger partial charge < -0.3 is 10.1 Å². The Labute approximate surface area is 65.7 Å². The predicted molar refractivity (Wildman–Crippen MR) is 41.9 cm³/mol. The van der Waals surface area contributed by atoms with Gasteiger partial charge in [0.15, 0.2) is 0 Å². The van der Waals surface area contributed by atoms with Crippen molar-refractivity contribution in [2.45, 2.75) is 6.42 Å². The number of hydrogen-bond acceptors (Lipinski definition) is 2. The molecule has 0 radical (unpaired) electrons. The molecule has 60 valence electrons. The van der Waals surface area contributed by atoms with Gasteiger partial charge in [0.2, 0.25) is 0 Å². The van der Waals surface area contributed by atoms with Crippen LogP contribution in [0.2, 0.25) is 0 Å². The first-order valence-corrected chi connectivity index (χ1v) is 3.47. The third-order valence-corrected chi connectivity index (χ3v) is 1.63. The SMILES string of the molecule is C=CC1=C(OC)CCNC1=O. The molecule has 0 aromatic rings. The molecule has 1 N–H and O–H groups in total. The second-order valence-corrected chi connectivity index (χ2v) is 2.25. The van der Waals surface area contributed by atoms with Crippen LogP contribution in [0.4, 0.5) is 0 Å². The van der Waals surface area contributed by atoms with Crippen LogP contribution in [0.25, 0.3) is 0 Å². The third-order valence-electron chi connectivity index (χ3n) is 1.63. The first-order valence-electron chi connectivity index (χ1n) is 3.47. The number of amides is 1. The maximum atomic E-state index is 11.1. The van der Waals surface area contributed by atoms with Crippen LogP contribution in [-0.2, 0) is 9.53 Å².